The molecule has 1 fully saturated rings. The zero-order chi connectivity index (χ0) is 14.5. The van der Waals surface area contributed by atoms with Gasteiger partial charge in [-0.05, 0) is 19.8 Å². The van der Waals surface area contributed by atoms with Crippen LogP contribution >= 0.6 is 11.8 Å². The summed E-state index contributed by atoms with van der Waals surface area (Å²) in [5.41, 5.74) is 0.691. The first-order valence-electron chi connectivity index (χ1n) is 6.99. The number of rotatable bonds is 5. The van der Waals surface area contributed by atoms with E-state index in [0.29, 0.717) is 22.4 Å². The molecule has 110 valence electrons. The van der Waals surface area contributed by atoms with E-state index in [4.69, 9.17) is 5.11 Å². The molecular formula is C14H20N2O3S. The van der Waals surface area contributed by atoms with Crippen LogP contribution < -0.4 is 0 Å². The predicted octanol–water partition coefficient (Wildman–Crippen LogP) is 2.62. The average molecular weight is 296 g/mol. The minimum Gasteiger partial charge on any atom is -0.478 e. The number of aromatic carboxylic acids is 1. The van der Waals surface area contributed by atoms with E-state index in [1.54, 1.807) is 6.92 Å². The largest absolute Gasteiger partial charge is 0.478 e. The Morgan fingerprint density at radius 2 is 2.00 bits per heavy atom. The zero-order valence-corrected chi connectivity index (χ0v) is 12.4. The standard InChI is InChI=1S/C14H20N2O3S/c1-9-11(14(18)19)13(20-8-7-17)16-12(15-9)10-5-3-2-4-6-10/h10,17H,2-8H2,1H3,(H,18,19). The predicted molar refractivity (Wildman–Crippen MR) is 77.4 cm³/mol. The molecule has 0 bridgehead atoms. The van der Waals surface area contributed by atoms with E-state index >= 15 is 0 Å². The molecule has 20 heavy (non-hydrogen) atoms. The smallest absolute Gasteiger partial charge is 0.340 e. The van der Waals surface area contributed by atoms with Gasteiger partial charge in [0.2, 0.25) is 0 Å². The summed E-state index contributed by atoms with van der Waals surface area (Å²) in [5, 5.41) is 18.7. The van der Waals surface area contributed by atoms with E-state index in [-0.39, 0.29) is 12.2 Å². The maximum atomic E-state index is 11.3. The number of hydrogen-bond acceptors (Lipinski definition) is 5. The molecule has 0 amide bonds. The van der Waals surface area contributed by atoms with Gasteiger partial charge in [-0.25, -0.2) is 14.8 Å². The molecular weight excluding hydrogens is 276 g/mol. The van der Waals surface area contributed by atoms with Crippen LogP contribution in [0.5, 0.6) is 0 Å². The third-order valence-corrected chi connectivity index (χ3v) is 4.54. The maximum Gasteiger partial charge on any atom is 0.340 e. The first kappa shape index (κ1) is 15.3. The van der Waals surface area contributed by atoms with Gasteiger partial charge >= 0.3 is 5.97 Å². The van der Waals surface area contributed by atoms with Gasteiger partial charge in [-0.1, -0.05) is 19.3 Å². The molecule has 0 atom stereocenters. The van der Waals surface area contributed by atoms with Crippen molar-refractivity contribution in [3.8, 4) is 0 Å². The summed E-state index contributed by atoms with van der Waals surface area (Å²) < 4.78 is 0. The van der Waals surface area contributed by atoms with E-state index in [9.17, 15) is 9.90 Å². The van der Waals surface area contributed by atoms with E-state index in [2.05, 4.69) is 9.97 Å². The Morgan fingerprint density at radius 1 is 1.30 bits per heavy atom. The fourth-order valence-corrected chi connectivity index (χ4v) is 3.43. The normalized spacial score (nSPS) is 16.3. The zero-order valence-electron chi connectivity index (χ0n) is 11.6. The van der Waals surface area contributed by atoms with Gasteiger partial charge in [-0.15, -0.1) is 11.8 Å². The molecule has 0 saturated heterocycles. The molecule has 1 aliphatic rings. The highest BCUT2D eigenvalue weighted by atomic mass is 32.2. The van der Waals surface area contributed by atoms with E-state index in [0.717, 1.165) is 18.7 Å². The van der Waals surface area contributed by atoms with Crippen LogP contribution in [0.25, 0.3) is 0 Å². The molecule has 1 heterocycles. The monoisotopic (exact) mass is 296 g/mol. The average Bonchev–Trinajstić information content (AvgIpc) is 2.45. The number of carboxylic acids is 1. The Bertz CT molecular complexity index is 488. The number of aliphatic hydroxyl groups excluding tert-OH is 1. The summed E-state index contributed by atoms with van der Waals surface area (Å²) in [6.07, 6.45) is 5.79. The van der Waals surface area contributed by atoms with Crippen molar-refractivity contribution in [1.29, 1.82) is 0 Å². The summed E-state index contributed by atoms with van der Waals surface area (Å²) >= 11 is 1.29. The van der Waals surface area contributed by atoms with Crippen molar-refractivity contribution >= 4 is 17.7 Å². The Balaban J connectivity index is 2.34. The molecule has 0 aromatic carbocycles. The third kappa shape index (κ3) is 3.49. The summed E-state index contributed by atoms with van der Waals surface area (Å²) in [4.78, 5) is 20.2. The lowest BCUT2D eigenvalue weighted by Crippen LogP contribution is -2.14. The lowest BCUT2D eigenvalue weighted by Gasteiger charge is -2.21. The van der Waals surface area contributed by atoms with Crippen molar-refractivity contribution in [2.75, 3.05) is 12.4 Å². The molecule has 5 nitrogen and oxygen atoms in total. The molecule has 0 radical (unpaired) electrons. The van der Waals surface area contributed by atoms with Crippen molar-refractivity contribution in [3.63, 3.8) is 0 Å². The van der Waals surface area contributed by atoms with E-state index < -0.39 is 5.97 Å². The second kappa shape index (κ2) is 7.04. The fourth-order valence-electron chi connectivity index (χ4n) is 2.60. The first-order chi connectivity index (χ1) is 9.63. The molecule has 0 spiro atoms. The van der Waals surface area contributed by atoms with Crippen LogP contribution in [0.4, 0.5) is 0 Å². The minimum atomic E-state index is -1.00. The molecule has 2 N–H and O–H groups in total. The molecule has 0 unspecified atom stereocenters. The van der Waals surface area contributed by atoms with Crippen LogP contribution in [0.15, 0.2) is 5.03 Å². The Morgan fingerprint density at radius 3 is 2.60 bits per heavy atom. The molecule has 1 aliphatic carbocycles. The molecule has 0 aliphatic heterocycles. The summed E-state index contributed by atoms with van der Waals surface area (Å²) in [7, 11) is 0. The Labute approximate surface area is 122 Å². The van der Waals surface area contributed by atoms with Crippen LogP contribution in [0.2, 0.25) is 0 Å². The van der Waals surface area contributed by atoms with Crippen LogP contribution in [-0.4, -0.2) is 38.5 Å². The number of aliphatic hydroxyl groups is 1. The maximum absolute atomic E-state index is 11.3. The minimum absolute atomic E-state index is 0.00549. The Kier molecular flexibility index (Phi) is 5.37. The highest BCUT2D eigenvalue weighted by Gasteiger charge is 2.23. The molecule has 6 heteroatoms. The van der Waals surface area contributed by atoms with Crippen molar-refractivity contribution in [2.24, 2.45) is 0 Å². The van der Waals surface area contributed by atoms with Gasteiger partial charge < -0.3 is 10.2 Å². The van der Waals surface area contributed by atoms with Crippen molar-refractivity contribution in [3.05, 3.63) is 17.1 Å². The SMILES string of the molecule is Cc1nc(C2CCCCC2)nc(SCCO)c1C(=O)O. The van der Waals surface area contributed by atoms with E-state index in [1.165, 1.54) is 31.0 Å². The summed E-state index contributed by atoms with van der Waals surface area (Å²) in [6.45, 7) is 1.73. The lowest BCUT2D eigenvalue weighted by molar-refractivity contribution is 0.0690. The number of hydrogen-bond donors (Lipinski definition) is 2. The van der Waals surface area contributed by atoms with Crippen LogP contribution in [0.3, 0.4) is 0 Å². The van der Waals surface area contributed by atoms with Gasteiger partial charge in [0.05, 0.1) is 12.3 Å². The van der Waals surface area contributed by atoms with E-state index in [1.807, 2.05) is 0 Å². The van der Waals surface area contributed by atoms with Crippen molar-refractivity contribution in [1.82, 2.24) is 9.97 Å². The number of nitrogens with zero attached hydrogens (tertiary/aromatic N) is 2. The first-order valence-corrected chi connectivity index (χ1v) is 7.97. The van der Waals surface area contributed by atoms with Crippen LogP contribution in [-0.2, 0) is 0 Å². The molecule has 1 aromatic rings. The number of aromatic nitrogens is 2. The van der Waals surface area contributed by atoms with Crippen LogP contribution in [0, 0.1) is 6.92 Å². The number of carboxylic acid groups (broad SMARTS) is 1. The number of thioether (sulfide) groups is 1. The topological polar surface area (TPSA) is 83.3 Å². The quantitative estimate of drug-likeness (QED) is 0.642. The third-order valence-electron chi connectivity index (χ3n) is 3.59. The van der Waals surface area contributed by atoms with Gasteiger partial charge in [-0.3, -0.25) is 0 Å². The lowest BCUT2D eigenvalue weighted by atomic mass is 9.88. The van der Waals surface area contributed by atoms with Gasteiger partial charge in [0, 0.05) is 11.7 Å². The second-order valence-corrected chi connectivity index (χ2v) is 6.14. The van der Waals surface area contributed by atoms with Gasteiger partial charge in [0.1, 0.15) is 16.4 Å². The number of aryl methyl sites for hydroxylation is 1. The molecule has 2 rings (SSSR count). The van der Waals surface area contributed by atoms with Gasteiger partial charge in [0.25, 0.3) is 0 Å². The van der Waals surface area contributed by atoms with Crippen molar-refractivity contribution in [2.45, 2.75) is 50.0 Å². The second-order valence-electron chi connectivity index (χ2n) is 5.06. The highest BCUT2D eigenvalue weighted by molar-refractivity contribution is 7.99. The molecule has 1 saturated carbocycles. The summed E-state index contributed by atoms with van der Waals surface area (Å²) in [6, 6.07) is 0. The van der Waals surface area contributed by atoms with Crippen LogP contribution in [0.1, 0.15) is 59.9 Å². The van der Waals surface area contributed by atoms with Gasteiger partial charge in [0.15, 0.2) is 0 Å². The fraction of sp³-hybridized carbons (Fsp3) is 0.643. The van der Waals surface area contributed by atoms with Gasteiger partial charge in [-0.2, -0.15) is 0 Å². The molecule has 1 aromatic heterocycles. The summed E-state index contributed by atoms with van der Waals surface area (Å²) in [5.74, 6) is 0.561. The Hall–Kier alpha value is -1.14. The van der Waals surface area contributed by atoms with Crippen molar-refractivity contribution < 1.29 is 15.0 Å². The highest BCUT2D eigenvalue weighted by Crippen LogP contribution is 2.33. The number of carbonyl (C=O) groups is 1.